The smallest absolute Gasteiger partial charge is 0.263 e. The minimum atomic E-state index is -0.318. The van der Waals surface area contributed by atoms with Gasteiger partial charge in [-0.15, -0.1) is 10.2 Å². The van der Waals surface area contributed by atoms with Crippen molar-refractivity contribution in [3.8, 4) is 11.4 Å². The van der Waals surface area contributed by atoms with Crippen LogP contribution in [0.25, 0.3) is 11.4 Å². The van der Waals surface area contributed by atoms with Crippen molar-refractivity contribution in [3.05, 3.63) is 60.2 Å². The number of amides is 1. The van der Waals surface area contributed by atoms with Crippen LogP contribution in [0.2, 0.25) is 0 Å². The minimum Gasteiger partial charge on any atom is -0.372 e. The Morgan fingerprint density at radius 1 is 1.07 bits per heavy atom. The summed E-state index contributed by atoms with van der Waals surface area (Å²) in [6, 6.07) is 17.6. The predicted molar refractivity (Wildman–Crippen MR) is 107 cm³/mol. The van der Waals surface area contributed by atoms with E-state index in [9.17, 15) is 4.79 Å². The number of hydrazone groups is 1. The van der Waals surface area contributed by atoms with E-state index in [-0.39, 0.29) is 12.5 Å². The first-order valence-corrected chi connectivity index (χ1v) is 9.28. The van der Waals surface area contributed by atoms with Gasteiger partial charge in [-0.3, -0.25) is 4.79 Å². The second-order valence-corrected chi connectivity index (χ2v) is 6.59. The number of rotatable bonds is 6. The van der Waals surface area contributed by atoms with E-state index in [1.165, 1.54) is 23.3 Å². The predicted octanol–water partition coefficient (Wildman–Crippen LogP) is 2.09. The van der Waals surface area contributed by atoms with Crippen LogP contribution >= 0.6 is 0 Å². The summed E-state index contributed by atoms with van der Waals surface area (Å²) in [6.45, 7) is 2.18. The largest absolute Gasteiger partial charge is 0.372 e. The van der Waals surface area contributed by atoms with Gasteiger partial charge in [0, 0.05) is 24.3 Å². The average Bonchev–Trinajstić information content (AvgIpc) is 3.42. The first-order chi connectivity index (χ1) is 13.8. The fourth-order valence-electron chi connectivity index (χ4n) is 3.10. The lowest BCUT2D eigenvalue weighted by Gasteiger charge is -2.17. The Morgan fingerprint density at radius 3 is 2.57 bits per heavy atom. The quantitative estimate of drug-likeness (QED) is 0.526. The first kappa shape index (κ1) is 17.8. The molecule has 1 amide bonds. The number of hydrogen-bond donors (Lipinski definition) is 1. The highest BCUT2D eigenvalue weighted by atomic mass is 16.2. The van der Waals surface area contributed by atoms with E-state index >= 15 is 0 Å². The second-order valence-electron chi connectivity index (χ2n) is 6.59. The molecule has 142 valence electrons. The Kier molecular flexibility index (Phi) is 5.37. The molecule has 0 radical (unpaired) electrons. The highest BCUT2D eigenvalue weighted by Gasteiger charge is 2.11. The van der Waals surface area contributed by atoms with Gasteiger partial charge < -0.3 is 4.90 Å². The monoisotopic (exact) mass is 375 g/mol. The lowest BCUT2D eigenvalue weighted by molar-refractivity contribution is -0.122. The zero-order valence-electron chi connectivity index (χ0n) is 15.4. The van der Waals surface area contributed by atoms with Gasteiger partial charge in [0.25, 0.3) is 5.91 Å². The Hall–Kier alpha value is -3.55. The summed E-state index contributed by atoms with van der Waals surface area (Å²) in [6.07, 6.45) is 4.13. The van der Waals surface area contributed by atoms with Crippen LogP contribution in [0, 0.1) is 0 Å². The van der Waals surface area contributed by atoms with Crippen LogP contribution < -0.4 is 10.3 Å². The van der Waals surface area contributed by atoms with Crippen LogP contribution in [0.5, 0.6) is 0 Å². The molecule has 1 saturated heterocycles. The highest BCUT2D eigenvalue weighted by Crippen LogP contribution is 2.19. The van der Waals surface area contributed by atoms with Gasteiger partial charge in [-0.25, -0.2) is 5.43 Å². The molecule has 0 spiro atoms. The maximum Gasteiger partial charge on any atom is 0.263 e. The van der Waals surface area contributed by atoms with Gasteiger partial charge in [0.15, 0.2) is 0 Å². The fourth-order valence-corrected chi connectivity index (χ4v) is 3.10. The molecule has 1 fully saturated rings. The number of tetrazole rings is 1. The van der Waals surface area contributed by atoms with E-state index in [0.717, 1.165) is 24.2 Å². The molecule has 0 unspecified atom stereocenters. The zero-order chi connectivity index (χ0) is 19.2. The number of aromatic nitrogens is 4. The standard InChI is InChI=1S/C20H21N7O/c28-19(15-27-24-20(23-25-27)17-6-2-1-3-7-17)22-21-14-16-8-10-18(11-9-16)26-12-4-5-13-26/h1-3,6-11,14H,4-5,12-13,15H2,(H,22,28)/b21-14+. The number of benzene rings is 2. The minimum absolute atomic E-state index is 0.0505. The molecule has 1 aliphatic heterocycles. The summed E-state index contributed by atoms with van der Waals surface area (Å²) in [4.78, 5) is 15.6. The van der Waals surface area contributed by atoms with Gasteiger partial charge in [0.05, 0.1) is 6.21 Å². The number of nitrogens with zero attached hydrogens (tertiary/aromatic N) is 6. The summed E-state index contributed by atoms with van der Waals surface area (Å²) >= 11 is 0. The molecule has 2 aromatic carbocycles. The molecule has 3 aromatic rings. The summed E-state index contributed by atoms with van der Waals surface area (Å²) < 4.78 is 0. The van der Waals surface area contributed by atoms with Gasteiger partial charge in [0.2, 0.25) is 5.82 Å². The van der Waals surface area contributed by atoms with Crippen molar-refractivity contribution in [1.82, 2.24) is 25.6 Å². The molecule has 1 aromatic heterocycles. The van der Waals surface area contributed by atoms with E-state index in [4.69, 9.17) is 0 Å². The second kappa shape index (κ2) is 8.43. The lowest BCUT2D eigenvalue weighted by atomic mass is 10.2. The molecular formula is C20H21N7O. The summed E-state index contributed by atoms with van der Waals surface area (Å²) in [7, 11) is 0. The number of nitrogens with one attached hydrogen (secondary N) is 1. The highest BCUT2D eigenvalue weighted by molar-refractivity contribution is 5.82. The van der Waals surface area contributed by atoms with Crippen molar-refractivity contribution < 1.29 is 4.79 Å². The Labute approximate surface area is 162 Å². The molecule has 0 atom stereocenters. The van der Waals surface area contributed by atoms with Gasteiger partial charge >= 0.3 is 0 Å². The average molecular weight is 375 g/mol. The SMILES string of the molecule is O=C(Cn1nnc(-c2ccccc2)n1)N/N=C/c1ccc(N2CCCC2)cc1. The van der Waals surface area contributed by atoms with Gasteiger partial charge in [-0.1, -0.05) is 42.5 Å². The van der Waals surface area contributed by atoms with Crippen LogP contribution in [0.1, 0.15) is 18.4 Å². The van der Waals surface area contributed by atoms with Crippen LogP contribution in [0.15, 0.2) is 59.7 Å². The topological polar surface area (TPSA) is 88.3 Å². The number of anilines is 1. The van der Waals surface area contributed by atoms with E-state index in [2.05, 4.69) is 43.0 Å². The lowest BCUT2D eigenvalue weighted by Crippen LogP contribution is -2.24. The van der Waals surface area contributed by atoms with Crippen LogP contribution in [0.3, 0.4) is 0 Å². The van der Waals surface area contributed by atoms with Crippen molar-refractivity contribution in [2.24, 2.45) is 5.10 Å². The van der Waals surface area contributed by atoms with Crippen molar-refractivity contribution in [2.45, 2.75) is 19.4 Å². The first-order valence-electron chi connectivity index (χ1n) is 9.28. The van der Waals surface area contributed by atoms with Crippen molar-refractivity contribution in [1.29, 1.82) is 0 Å². The summed E-state index contributed by atoms with van der Waals surface area (Å²) in [5, 5.41) is 16.1. The van der Waals surface area contributed by atoms with Gasteiger partial charge in [0.1, 0.15) is 6.54 Å². The van der Waals surface area contributed by atoms with Crippen molar-refractivity contribution in [2.75, 3.05) is 18.0 Å². The molecule has 2 heterocycles. The normalized spacial score (nSPS) is 13.9. The molecule has 0 aliphatic carbocycles. The van der Waals surface area contributed by atoms with Gasteiger partial charge in [-0.2, -0.15) is 9.90 Å². The van der Waals surface area contributed by atoms with Crippen molar-refractivity contribution in [3.63, 3.8) is 0 Å². The molecule has 1 aliphatic rings. The van der Waals surface area contributed by atoms with E-state index in [0.29, 0.717) is 5.82 Å². The maximum absolute atomic E-state index is 12.0. The molecule has 8 heteroatoms. The molecule has 0 bridgehead atoms. The molecule has 0 saturated carbocycles. The zero-order valence-corrected chi connectivity index (χ0v) is 15.4. The molecule has 8 nitrogen and oxygen atoms in total. The number of carbonyl (C=O) groups excluding carboxylic acids is 1. The van der Waals surface area contributed by atoms with Crippen LogP contribution in [-0.4, -0.2) is 45.4 Å². The van der Waals surface area contributed by atoms with E-state index < -0.39 is 0 Å². The van der Waals surface area contributed by atoms with Crippen LogP contribution in [-0.2, 0) is 11.3 Å². The Balaban J connectivity index is 1.29. The molecular weight excluding hydrogens is 354 g/mol. The summed E-state index contributed by atoms with van der Waals surface area (Å²) in [5.41, 5.74) is 5.49. The summed E-state index contributed by atoms with van der Waals surface area (Å²) in [5.74, 6) is 0.164. The van der Waals surface area contributed by atoms with Crippen molar-refractivity contribution >= 4 is 17.8 Å². The Morgan fingerprint density at radius 2 is 1.82 bits per heavy atom. The molecule has 28 heavy (non-hydrogen) atoms. The third-order valence-corrected chi connectivity index (χ3v) is 4.54. The van der Waals surface area contributed by atoms with E-state index in [1.54, 1.807) is 6.21 Å². The maximum atomic E-state index is 12.0. The van der Waals surface area contributed by atoms with Crippen LogP contribution in [0.4, 0.5) is 5.69 Å². The fraction of sp³-hybridized carbons (Fsp3) is 0.250. The Bertz CT molecular complexity index is 944. The number of carbonyl (C=O) groups is 1. The molecule has 1 N–H and O–H groups in total. The number of hydrogen-bond acceptors (Lipinski definition) is 6. The van der Waals surface area contributed by atoms with Gasteiger partial charge in [-0.05, 0) is 35.8 Å². The third-order valence-electron chi connectivity index (χ3n) is 4.54. The molecule has 4 rings (SSSR count). The third kappa shape index (κ3) is 4.40. The van der Waals surface area contributed by atoms with E-state index in [1.807, 2.05) is 42.5 Å².